The molecule has 0 spiro atoms. The molecule has 0 bridgehead atoms. The van der Waals surface area contributed by atoms with Crippen LogP contribution in [0.4, 0.5) is 5.69 Å². The van der Waals surface area contributed by atoms with E-state index in [1.165, 1.54) is 0 Å². The number of hydrogen-bond donors (Lipinski definition) is 1. The van der Waals surface area contributed by atoms with Crippen LogP contribution in [-0.2, 0) is 10.0 Å². The summed E-state index contributed by atoms with van der Waals surface area (Å²) in [5.74, 6) is -0.110. The standard InChI is InChI=1S/C15H14BrNO3S/c1-10-3-4-12(9-14(10)16)15(18)11-5-7-13(8-6-11)17-21(2,19)20/h3-9,17H,1-2H3. The zero-order valence-corrected chi connectivity index (χ0v) is 14.0. The average molecular weight is 368 g/mol. The van der Waals surface area contributed by atoms with Crippen molar-refractivity contribution in [2.75, 3.05) is 11.0 Å². The number of sulfonamides is 1. The van der Waals surface area contributed by atoms with E-state index in [0.717, 1.165) is 16.3 Å². The van der Waals surface area contributed by atoms with Gasteiger partial charge in [-0.2, -0.15) is 0 Å². The molecule has 0 radical (unpaired) electrons. The first-order valence-corrected chi connectivity index (χ1v) is 8.83. The third-order valence-corrected chi connectivity index (χ3v) is 4.35. The molecule has 0 fully saturated rings. The lowest BCUT2D eigenvalue weighted by Crippen LogP contribution is -2.09. The van der Waals surface area contributed by atoms with Gasteiger partial charge in [-0.1, -0.05) is 28.1 Å². The first-order valence-electron chi connectivity index (χ1n) is 6.15. The molecule has 2 aromatic carbocycles. The molecule has 6 heteroatoms. The maximum absolute atomic E-state index is 12.3. The Morgan fingerprint density at radius 1 is 1.05 bits per heavy atom. The van der Waals surface area contributed by atoms with E-state index in [1.807, 2.05) is 13.0 Å². The Morgan fingerprint density at radius 3 is 2.14 bits per heavy atom. The van der Waals surface area contributed by atoms with Crippen LogP contribution < -0.4 is 4.72 Å². The molecule has 0 unspecified atom stereocenters. The fourth-order valence-electron chi connectivity index (χ4n) is 1.80. The minimum absolute atomic E-state index is 0.110. The molecule has 0 heterocycles. The normalized spacial score (nSPS) is 11.2. The van der Waals surface area contributed by atoms with Crippen LogP contribution in [0.5, 0.6) is 0 Å². The lowest BCUT2D eigenvalue weighted by molar-refractivity contribution is 0.103. The monoisotopic (exact) mass is 367 g/mol. The lowest BCUT2D eigenvalue weighted by Gasteiger charge is -2.06. The number of ketones is 1. The molecule has 0 saturated heterocycles. The molecule has 0 aliphatic heterocycles. The smallest absolute Gasteiger partial charge is 0.229 e. The highest BCUT2D eigenvalue weighted by Crippen LogP contribution is 2.20. The van der Waals surface area contributed by atoms with Crippen LogP contribution in [0.1, 0.15) is 21.5 Å². The van der Waals surface area contributed by atoms with E-state index in [4.69, 9.17) is 0 Å². The summed E-state index contributed by atoms with van der Waals surface area (Å²) >= 11 is 3.40. The number of halogens is 1. The van der Waals surface area contributed by atoms with Gasteiger partial charge in [-0.05, 0) is 42.8 Å². The van der Waals surface area contributed by atoms with Crippen molar-refractivity contribution in [3.63, 3.8) is 0 Å². The van der Waals surface area contributed by atoms with Crippen LogP contribution in [0.2, 0.25) is 0 Å². The Morgan fingerprint density at radius 2 is 1.62 bits per heavy atom. The van der Waals surface area contributed by atoms with Gasteiger partial charge in [0.25, 0.3) is 0 Å². The van der Waals surface area contributed by atoms with Gasteiger partial charge in [0.15, 0.2) is 5.78 Å². The third kappa shape index (κ3) is 4.15. The minimum Gasteiger partial charge on any atom is -0.289 e. The Hall–Kier alpha value is -1.66. The molecule has 0 saturated carbocycles. The topological polar surface area (TPSA) is 63.2 Å². The van der Waals surface area contributed by atoms with Crippen molar-refractivity contribution in [2.45, 2.75) is 6.92 Å². The van der Waals surface area contributed by atoms with Gasteiger partial charge in [0.2, 0.25) is 10.0 Å². The van der Waals surface area contributed by atoms with Gasteiger partial charge < -0.3 is 0 Å². The molecule has 0 aliphatic carbocycles. The molecule has 110 valence electrons. The highest BCUT2D eigenvalue weighted by Gasteiger charge is 2.10. The molecule has 0 amide bonds. The summed E-state index contributed by atoms with van der Waals surface area (Å²) in [6, 6.07) is 11.8. The van der Waals surface area contributed by atoms with E-state index in [0.29, 0.717) is 16.8 Å². The van der Waals surface area contributed by atoms with Gasteiger partial charge in [-0.15, -0.1) is 0 Å². The molecule has 0 aliphatic rings. The van der Waals surface area contributed by atoms with Gasteiger partial charge in [0.05, 0.1) is 6.26 Å². The number of carbonyl (C=O) groups is 1. The number of carbonyl (C=O) groups excluding carboxylic acids is 1. The number of hydrogen-bond acceptors (Lipinski definition) is 3. The summed E-state index contributed by atoms with van der Waals surface area (Å²) in [6.45, 7) is 1.95. The number of rotatable bonds is 4. The summed E-state index contributed by atoms with van der Waals surface area (Å²) < 4.78 is 25.5. The zero-order chi connectivity index (χ0) is 15.6. The molecule has 0 aromatic heterocycles. The van der Waals surface area contributed by atoms with Crippen LogP contribution in [0.15, 0.2) is 46.9 Å². The first-order chi connectivity index (χ1) is 9.76. The van der Waals surface area contributed by atoms with Crippen molar-refractivity contribution >= 4 is 37.4 Å². The lowest BCUT2D eigenvalue weighted by atomic mass is 10.0. The van der Waals surface area contributed by atoms with E-state index in [2.05, 4.69) is 20.7 Å². The van der Waals surface area contributed by atoms with Gasteiger partial charge in [-0.3, -0.25) is 9.52 Å². The number of aryl methyl sites for hydroxylation is 1. The molecule has 2 aromatic rings. The Bertz CT molecular complexity index is 783. The molecule has 0 atom stereocenters. The summed E-state index contributed by atoms with van der Waals surface area (Å²) in [6.07, 6.45) is 1.08. The van der Waals surface area contributed by atoms with E-state index < -0.39 is 10.0 Å². The summed E-state index contributed by atoms with van der Waals surface area (Å²) in [4.78, 5) is 12.3. The van der Waals surface area contributed by atoms with Crippen molar-refractivity contribution in [2.24, 2.45) is 0 Å². The Labute approximate surface area is 132 Å². The highest BCUT2D eigenvalue weighted by atomic mass is 79.9. The summed E-state index contributed by atoms with van der Waals surface area (Å²) in [7, 11) is -3.31. The Balaban J connectivity index is 2.25. The number of nitrogens with one attached hydrogen (secondary N) is 1. The van der Waals surface area contributed by atoms with Crippen LogP contribution in [0.3, 0.4) is 0 Å². The van der Waals surface area contributed by atoms with Crippen molar-refractivity contribution in [1.29, 1.82) is 0 Å². The predicted molar refractivity (Wildman–Crippen MR) is 87.2 cm³/mol. The van der Waals surface area contributed by atoms with Gasteiger partial charge in [0, 0.05) is 21.3 Å². The second kappa shape index (κ2) is 5.99. The molecule has 2 rings (SSSR count). The molecule has 1 N–H and O–H groups in total. The van der Waals surface area contributed by atoms with E-state index >= 15 is 0 Å². The van der Waals surface area contributed by atoms with Crippen LogP contribution in [0.25, 0.3) is 0 Å². The van der Waals surface area contributed by atoms with Crippen molar-refractivity contribution in [3.8, 4) is 0 Å². The van der Waals surface area contributed by atoms with Crippen molar-refractivity contribution in [3.05, 3.63) is 63.6 Å². The van der Waals surface area contributed by atoms with Crippen LogP contribution in [-0.4, -0.2) is 20.5 Å². The van der Waals surface area contributed by atoms with Crippen LogP contribution >= 0.6 is 15.9 Å². The largest absolute Gasteiger partial charge is 0.289 e. The molecule has 4 nitrogen and oxygen atoms in total. The maximum atomic E-state index is 12.3. The number of benzene rings is 2. The zero-order valence-electron chi connectivity index (χ0n) is 11.6. The predicted octanol–water partition coefficient (Wildman–Crippen LogP) is 3.36. The summed E-state index contributed by atoms with van der Waals surface area (Å²) in [5, 5.41) is 0. The first kappa shape index (κ1) is 15.7. The highest BCUT2D eigenvalue weighted by molar-refractivity contribution is 9.10. The number of anilines is 1. The van der Waals surface area contributed by atoms with E-state index in [9.17, 15) is 13.2 Å². The fourth-order valence-corrected chi connectivity index (χ4v) is 2.75. The SMILES string of the molecule is Cc1ccc(C(=O)c2ccc(NS(C)(=O)=O)cc2)cc1Br. The third-order valence-electron chi connectivity index (χ3n) is 2.88. The Kier molecular flexibility index (Phi) is 4.49. The second-order valence-corrected chi connectivity index (χ2v) is 7.35. The van der Waals surface area contributed by atoms with Crippen molar-refractivity contribution < 1.29 is 13.2 Å². The molecule has 21 heavy (non-hydrogen) atoms. The molecular formula is C15H14BrNO3S. The minimum atomic E-state index is -3.31. The fraction of sp³-hybridized carbons (Fsp3) is 0.133. The second-order valence-electron chi connectivity index (χ2n) is 4.74. The maximum Gasteiger partial charge on any atom is 0.229 e. The van der Waals surface area contributed by atoms with Crippen LogP contribution in [0, 0.1) is 6.92 Å². The summed E-state index contributed by atoms with van der Waals surface area (Å²) in [5.41, 5.74) is 2.57. The van der Waals surface area contributed by atoms with Crippen molar-refractivity contribution in [1.82, 2.24) is 0 Å². The van der Waals surface area contributed by atoms with E-state index in [1.54, 1.807) is 36.4 Å². The average Bonchev–Trinajstić information content (AvgIpc) is 2.40. The van der Waals surface area contributed by atoms with Gasteiger partial charge >= 0.3 is 0 Å². The molecular weight excluding hydrogens is 354 g/mol. The van der Waals surface area contributed by atoms with Gasteiger partial charge in [-0.25, -0.2) is 8.42 Å². The quantitative estimate of drug-likeness (QED) is 0.842. The van der Waals surface area contributed by atoms with E-state index in [-0.39, 0.29) is 5.78 Å². The van der Waals surface area contributed by atoms with Gasteiger partial charge in [0.1, 0.15) is 0 Å².